The lowest BCUT2D eigenvalue weighted by molar-refractivity contribution is 0.0745. The molecule has 106 valence electrons. The zero-order chi connectivity index (χ0) is 13.9. The molecule has 2 heterocycles. The molecule has 0 bridgehead atoms. The van der Waals surface area contributed by atoms with E-state index in [1.807, 2.05) is 13.1 Å². The molecule has 3 nitrogen and oxygen atoms in total. The van der Waals surface area contributed by atoms with Crippen molar-refractivity contribution in [2.45, 2.75) is 58.7 Å². The zero-order valence-electron chi connectivity index (χ0n) is 12.7. The van der Waals surface area contributed by atoms with E-state index >= 15 is 0 Å². The van der Waals surface area contributed by atoms with Gasteiger partial charge in [0.15, 0.2) is 0 Å². The predicted molar refractivity (Wildman–Crippen MR) is 80.2 cm³/mol. The molecule has 0 spiro atoms. The van der Waals surface area contributed by atoms with E-state index in [4.69, 9.17) is 0 Å². The highest BCUT2D eigenvalue weighted by molar-refractivity contribution is 5.13. The first-order valence-corrected chi connectivity index (χ1v) is 7.49. The van der Waals surface area contributed by atoms with Gasteiger partial charge >= 0.3 is 0 Å². The lowest BCUT2D eigenvalue weighted by atomic mass is 9.88. The Balaban J connectivity index is 2.07. The number of aromatic nitrogens is 1. The van der Waals surface area contributed by atoms with Crippen molar-refractivity contribution in [1.82, 2.24) is 15.2 Å². The van der Waals surface area contributed by atoms with Crippen LogP contribution in [0.3, 0.4) is 0 Å². The first-order valence-electron chi connectivity index (χ1n) is 7.49. The zero-order valence-corrected chi connectivity index (χ0v) is 12.7. The minimum Gasteiger partial charge on any atom is -0.308 e. The second-order valence-electron chi connectivity index (χ2n) is 5.93. The first kappa shape index (κ1) is 14.5. The normalized spacial score (nSPS) is 23.5. The maximum Gasteiger partial charge on any atom is 0.0372 e. The molecule has 0 aromatic carbocycles. The number of nitrogens with zero attached hydrogens (tertiary/aromatic N) is 2. The molecule has 0 amide bonds. The summed E-state index contributed by atoms with van der Waals surface area (Å²) in [6.07, 6.45) is 4.40. The van der Waals surface area contributed by atoms with Gasteiger partial charge in [0.25, 0.3) is 0 Å². The summed E-state index contributed by atoms with van der Waals surface area (Å²) in [6, 6.07) is 4.90. The van der Waals surface area contributed by atoms with Crippen LogP contribution in [0, 0.1) is 6.92 Å². The Morgan fingerprint density at radius 2 is 2.11 bits per heavy atom. The van der Waals surface area contributed by atoms with E-state index in [2.05, 4.69) is 48.1 Å². The summed E-state index contributed by atoms with van der Waals surface area (Å²) < 4.78 is 0. The fraction of sp³-hybridized carbons (Fsp3) is 0.688. The highest BCUT2D eigenvalue weighted by Crippen LogP contribution is 2.23. The van der Waals surface area contributed by atoms with E-state index in [1.54, 1.807) is 0 Å². The molecule has 19 heavy (non-hydrogen) atoms. The molecular formula is C16H27N3. The molecule has 1 aromatic rings. The van der Waals surface area contributed by atoms with Crippen molar-refractivity contribution < 1.29 is 0 Å². The summed E-state index contributed by atoms with van der Waals surface area (Å²) in [7, 11) is 0. The fourth-order valence-electron chi connectivity index (χ4n) is 2.86. The predicted octanol–water partition coefficient (Wildman–Crippen LogP) is 2.74. The Bertz CT molecular complexity index is 395. The smallest absolute Gasteiger partial charge is 0.0372 e. The molecule has 1 atom stereocenters. The van der Waals surface area contributed by atoms with Gasteiger partial charge < -0.3 is 5.32 Å². The van der Waals surface area contributed by atoms with Gasteiger partial charge in [-0.15, -0.1) is 0 Å². The van der Waals surface area contributed by atoms with E-state index in [0.717, 1.165) is 25.3 Å². The van der Waals surface area contributed by atoms with Gasteiger partial charge in [0.05, 0.1) is 0 Å². The van der Waals surface area contributed by atoms with Gasteiger partial charge in [-0.25, -0.2) is 0 Å². The molecular weight excluding hydrogens is 234 g/mol. The standard InChI is InChI=1S/C16H27N3/c1-5-16(6-2)12-19(14(4)9-18-16)11-15-8-7-13(3)17-10-15/h7-8,10,14,18H,5-6,9,11-12H2,1-4H3. The third-order valence-electron chi connectivity index (χ3n) is 4.61. The van der Waals surface area contributed by atoms with Crippen LogP contribution in [0.25, 0.3) is 0 Å². The Hall–Kier alpha value is -0.930. The molecule has 3 heteroatoms. The van der Waals surface area contributed by atoms with Crippen molar-refractivity contribution in [2.75, 3.05) is 13.1 Å². The van der Waals surface area contributed by atoms with Gasteiger partial charge in [0.1, 0.15) is 0 Å². The van der Waals surface area contributed by atoms with Gasteiger partial charge in [0, 0.05) is 43.1 Å². The van der Waals surface area contributed by atoms with Crippen molar-refractivity contribution in [3.63, 3.8) is 0 Å². The van der Waals surface area contributed by atoms with Gasteiger partial charge in [-0.3, -0.25) is 9.88 Å². The van der Waals surface area contributed by atoms with Gasteiger partial charge in [-0.2, -0.15) is 0 Å². The van der Waals surface area contributed by atoms with Crippen LogP contribution in [0.5, 0.6) is 0 Å². The number of hydrogen-bond acceptors (Lipinski definition) is 3. The van der Waals surface area contributed by atoms with Crippen LogP contribution in [-0.2, 0) is 6.54 Å². The quantitative estimate of drug-likeness (QED) is 0.903. The Kier molecular flexibility index (Phi) is 4.58. The molecule has 1 N–H and O–H groups in total. The highest BCUT2D eigenvalue weighted by atomic mass is 15.2. The van der Waals surface area contributed by atoms with Crippen molar-refractivity contribution in [1.29, 1.82) is 0 Å². The van der Waals surface area contributed by atoms with E-state index < -0.39 is 0 Å². The van der Waals surface area contributed by atoms with Crippen LogP contribution in [0.2, 0.25) is 0 Å². The first-order chi connectivity index (χ1) is 9.08. The van der Waals surface area contributed by atoms with Crippen molar-refractivity contribution in [3.8, 4) is 0 Å². The third kappa shape index (κ3) is 3.34. The fourth-order valence-corrected chi connectivity index (χ4v) is 2.86. The summed E-state index contributed by atoms with van der Waals surface area (Å²) in [5.74, 6) is 0. The summed E-state index contributed by atoms with van der Waals surface area (Å²) >= 11 is 0. The average Bonchev–Trinajstić information content (AvgIpc) is 2.44. The average molecular weight is 261 g/mol. The molecule has 1 aliphatic rings. The number of pyridine rings is 1. The SMILES string of the molecule is CCC1(CC)CN(Cc2ccc(C)nc2)C(C)CN1. The van der Waals surface area contributed by atoms with Crippen LogP contribution in [0.4, 0.5) is 0 Å². The molecule has 1 aliphatic heterocycles. The summed E-state index contributed by atoms with van der Waals surface area (Å²) in [5, 5.41) is 3.75. The molecule has 0 aliphatic carbocycles. The molecule has 1 fully saturated rings. The Morgan fingerprint density at radius 1 is 1.37 bits per heavy atom. The summed E-state index contributed by atoms with van der Waals surface area (Å²) in [6.45, 7) is 12.2. The molecule has 2 rings (SSSR count). The van der Waals surface area contributed by atoms with Crippen LogP contribution < -0.4 is 5.32 Å². The summed E-state index contributed by atoms with van der Waals surface area (Å²) in [4.78, 5) is 7.00. The monoisotopic (exact) mass is 261 g/mol. The highest BCUT2D eigenvalue weighted by Gasteiger charge is 2.34. The molecule has 1 aromatic heterocycles. The largest absolute Gasteiger partial charge is 0.308 e. The number of hydrogen-bond donors (Lipinski definition) is 1. The number of piperazine rings is 1. The maximum absolute atomic E-state index is 4.40. The van der Waals surface area contributed by atoms with Crippen LogP contribution in [0.15, 0.2) is 18.3 Å². The van der Waals surface area contributed by atoms with Crippen molar-refractivity contribution >= 4 is 0 Å². The number of rotatable bonds is 4. The van der Waals surface area contributed by atoms with E-state index in [-0.39, 0.29) is 0 Å². The third-order valence-corrected chi connectivity index (χ3v) is 4.61. The minimum absolute atomic E-state index is 0.296. The molecule has 1 saturated heterocycles. The lowest BCUT2D eigenvalue weighted by Crippen LogP contribution is -2.62. The number of nitrogens with one attached hydrogen (secondary N) is 1. The van der Waals surface area contributed by atoms with E-state index in [9.17, 15) is 0 Å². The molecule has 1 unspecified atom stereocenters. The Labute approximate surface area is 117 Å². The Morgan fingerprint density at radius 3 is 2.68 bits per heavy atom. The topological polar surface area (TPSA) is 28.2 Å². The molecule has 0 saturated carbocycles. The van der Waals surface area contributed by atoms with Crippen molar-refractivity contribution in [2.24, 2.45) is 0 Å². The summed E-state index contributed by atoms with van der Waals surface area (Å²) in [5.41, 5.74) is 2.71. The molecule has 0 radical (unpaired) electrons. The van der Waals surface area contributed by atoms with Gasteiger partial charge in [0.2, 0.25) is 0 Å². The maximum atomic E-state index is 4.40. The van der Waals surface area contributed by atoms with Gasteiger partial charge in [-0.05, 0) is 38.3 Å². The number of aryl methyl sites for hydroxylation is 1. The van der Waals surface area contributed by atoms with Crippen LogP contribution in [-0.4, -0.2) is 34.6 Å². The minimum atomic E-state index is 0.296. The van der Waals surface area contributed by atoms with E-state index in [0.29, 0.717) is 11.6 Å². The second kappa shape index (κ2) is 6.02. The van der Waals surface area contributed by atoms with Crippen LogP contribution >= 0.6 is 0 Å². The van der Waals surface area contributed by atoms with Gasteiger partial charge in [-0.1, -0.05) is 19.9 Å². The van der Waals surface area contributed by atoms with Crippen LogP contribution in [0.1, 0.15) is 44.9 Å². The lowest BCUT2D eigenvalue weighted by Gasteiger charge is -2.46. The van der Waals surface area contributed by atoms with Crippen molar-refractivity contribution in [3.05, 3.63) is 29.6 Å². The second-order valence-corrected chi connectivity index (χ2v) is 5.93. The van der Waals surface area contributed by atoms with E-state index in [1.165, 1.54) is 18.4 Å².